The second-order valence-electron chi connectivity index (χ2n) is 0.698. The van der Waals surface area contributed by atoms with Gasteiger partial charge in [0, 0.05) is 0 Å². The van der Waals surface area contributed by atoms with Crippen molar-refractivity contribution in [3.05, 3.63) is 10.4 Å². The van der Waals surface area contributed by atoms with Crippen LogP contribution in [0.15, 0.2) is 0 Å². The molecule has 0 aliphatic rings. The van der Waals surface area contributed by atoms with E-state index in [0.717, 1.165) is 0 Å². The van der Waals surface area contributed by atoms with Gasteiger partial charge in [-0.2, -0.15) is 0 Å². The van der Waals surface area contributed by atoms with Crippen LogP contribution in [0.2, 0.25) is 0 Å². The minimum absolute atomic E-state index is 0.278. The largest absolute Gasteiger partial charge is 0.480 e. The molecular weight excluding hydrogens is 112 g/mol. The highest BCUT2D eigenvalue weighted by molar-refractivity contribution is 5.68. The molecule has 8 heavy (non-hydrogen) atoms. The van der Waals surface area contributed by atoms with Gasteiger partial charge in [-0.25, -0.2) is 0 Å². The highest BCUT2D eigenvalue weighted by Gasteiger charge is 1.81. The van der Waals surface area contributed by atoms with E-state index in [4.69, 9.17) is 16.2 Å². The summed E-state index contributed by atoms with van der Waals surface area (Å²) in [6.07, 6.45) is 0. The van der Waals surface area contributed by atoms with E-state index in [0.29, 0.717) is 0 Å². The van der Waals surface area contributed by atoms with Crippen LogP contribution in [-0.2, 0) is 4.79 Å². The summed E-state index contributed by atoms with van der Waals surface area (Å²) in [6.45, 7) is -0.278. The van der Waals surface area contributed by atoms with Crippen molar-refractivity contribution in [2.45, 2.75) is 0 Å². The Kier molecular flexibility index (Phi) is 11.4. The van der Waals surface area contributed by atoms with Gasteiger partial charge in [-0.3, -0.25) is 4.79 Å². The maximum Gasteiger partial charge on any atom is 0.317 e. The van der Waals surface area contributed by atoms with E-state index in [2.05, 4.69) is 5.73 Å². The lowest BCUT2D eigenvalue weighted by Crippen LogP contribution is -2.10. The number of nitrogens with zero attached hydrogens (tertiary/aromatic N) is 2. The van der Waals surface area contributed by atoms with Crippen LogP contribution in [0.5, 0.6) is 0 Å². The van der Waals surface area contributed by atoms with E-state index >= 15 is 0 Å². The van der Waals surface area contributed by atoms with Crippen LogP contribution >= 0.6 is 0 Å². The molecule has 0 radical (unpaired) electrons. The van der Waals surface area contributed by atoms with Crippen molar-refractivity contribution in [3.8, 4) is 0 Å². The Morgan fingerprint density at radius 1 is 2.00 bits per heavy atom. The molecule has 0 bridgehead atoms. The van der Waals surface area contributed by atoms with Gasteiger partial charge in [0.05, 0.1) is 6.54 Å². The minimum Gasteiger partial charge on any atom is -0.480 e. The summed E-state index contributed by atoms with van der Waals surface area (Å²) in [5.41, 5.74) is 16.8. The lowest BCUT2D eigenvalue weighted by molar-refractivity contribution is -0.135. The molecule has 0 rings (SSSR count). The van der Waals surface area contributed by atoms with Crippen molar-refractivity contribution in [3.63, 3.8) is 0 Å². The van der Waals surface area contributed by atoms with Gasteiger partial charge in [-0.1, -0.05) is 0 Å². The van der Waals surface area contributed by atoms with Crippen LogP contribution in [0.3, 0.4) is 0 Å². The number of aliphatic carboxylic acids is 1. The lowest BCUT2D eigenvalue weighted by atomic mass is 10.7. The second-order valence-corrected chi connectivity index (χ2v) is 0.698. The first-order chi connectivity index (χ1) is 3.68. The van der Waals surface area contributed by atoms with Gasteiger partial charge in [0.15, 0.2) is 0 Å². The van der Waals surface area contributed by atoms with Crippen LogP contribution < -0.4 is 5.73 Å². The van der Waals surface area contributed by atoms with E-state index in [-0.39, 0.29) is 6.54 Å². The molecule has 0 aliphatic heterocycles. The van der Waals surface area contributed by atoms with Gasteiger partial charge in [0.25, 0.3) is 0 Å². The first-order valence-corrected chi connectivity index (χ1v) is 1.61. The van der Waals surface area contributed by atoms with Crippen LogP contribution in [0.4, 0.5) is 0 Å². The maximum atomic E-state index is 9.24. The quantitative estimate of drug-likeness (QED) is 0.253. The Morgan fingerprint density at radius 2 is 2.12 bits per heavy atom. The molecule has 6 heteroatoms. The molecule has 0 spiro atoms. The lowest BCUT2D eigenvalue weighted by Gasteiger charge is -1.73. The molecule has 0 saturated heterocycles. The standard InChI is InChI=1S/C2H5NO2.HN3/c3-1-2(4)5;1-3-2/h1,3H2,(H,4,5);1H. The molecule has 0 atom stereocenters. The predicted octanol–water partition coefficient (Wildman–Crippen LogP) is -0.0948. The van der Waals surface area contributed by atoms with Crippen molar-refractivity contribution in [2.75, 3.05) is 6.54 Å². The number of hydrogen-bond donors (Lipinski definition) is 3. The molecule has 46 valence electrons. The number of carboxylic acids is 1. The Bertz CT molecular complexity index is 94.2. The topological polar surface area (TPSA) is 124 Å². The van der Waals surface area contributed by atoms with E-state index in [1.807, 2.05) is 0 Å². The zero-order valence-electron chi connectivity index (χ0n) is 4.03. The van der Waals surface area contributed by atoms with E-state index in [1.54, 1.807) is 4.91 Å². The molecule has 0 aliphatic carbocycles. The number of rotatable bonds is 1. The third kappa shape index (κ3) is 121. The third-order valence-corrected chi connectivity index (χ3v) is 0.175. The van der Waals surface area contributed by atoms with Gasteiger partial charge in [-0.05, 0) is 10.4 Å². The van der Waals surface area contributed by atoms with Crippen molar-refractivity contribution in [2.24, 2.45) is 5.73 Å². The average molecular weight is 118 g/mol. The van der Waals surface area contributed by atoms with Crippen LogP contribution in [-0.4, -0.2) is 17.6 Å². The molecule has 0 saturated carbocycles. The third-order valence-electron chi connectivity index (χ3n) is 0.175. The number of carboxylic acid groups (broad SMARTS) is 1. The summed E-state index contributed by atoms with van der Waals surface area (Å²) in [5, 5.41) is 7.60. The molecule has 0 aromatic carbocycles. The van der Waals surface area contributed by atoms with Gasteiger partial charge in [0.2, 0.25) is 0 Å². The minimum atomic E-state index is -0.968. The van der Waals surface area contributed by atoms with Crippen LogP contribution in [0.1, 0.15) is 0 Å². The number of nitrogens with one attached hydrogen (secondary N) is 1. The molecule has 0 aromatic heterocycles. The van der Waals surface area contributed by atoms with E-state index in [1.165, 1.54) is 0 Å². The Labute approximate surface area is 45.3 Å². The summed E-state index contributed by atoms with van der Waals surface area (Å²) < 4.78 is 0. The molecule has 0 amide bonds. The van der Waals surface area contributed by atoms with Crippen molar-refractivity contribution in [1.82, 2.24) is 0 Å². The second kappa shape index (κ2) is 9.22. The molecule has 0 heterocycles. The summed E-state index contributed by atoms with van der Waals surface area (Å²) in [5.74, 6) is -0.968. The monoisotopic (exact) mass is 118 g/mol. The molecular formula is C2H6N4O2. The van der Waals surface area contributed by atoms with Crippen LogP contribution in [0, 0.1) is 5.53 Å². The summed E-state index contributed by atoms with van der Waals surface area (Å²) in [7, 11) is 0. The average Bonchev–Trinajstić information content (AvgIpc) is 1.69. The molecule has 0 fully saturated rings. The number of carbonyl (C=O) groups is 1. The summed E-state index contributed by atoms with van der Waals surface area (Å²) in [4.78, 5) is 11.0. The van der Waals surface area contributed by atoms with Crippen LogP contribution in [0.25, 0.3) is 10.4 Å². The molecule has 0 aromatic rings. The Balaban J connectivity index is 0. The fraction of sp³-hybridized carbons (Fsp3) is 0.500. The van der Waals surface area contributed by atoms with Gasteiger partial charge >= 0.3 is 5.97 Å². The fourth-order valence-corrected chi connectivity index (χ4v) is 0. The maximum absolute atomic E-state index is 9.24. The SMILES string of the molecule is NCC(=O)O.[N-]=[N+]=N. The molecule has 0 unspecified atom stereocenters. The summed E-state index contributed by atoms with van der Waals surface area (Å²) >= 11 is 0. The zero-order chi connectivity index (χ0) is 6.99. The van der Waals surface area contributed by atoms with Crippen molar-refractivity contribution < 1.29 is 9.90 Å². The van der Waals surface area contributed by atoms with Gasteiger partial charge in [-0.15, -0.1) is 5.53 Å². The highest BCUT2D eigenvalue weighted by Crippen LogP contribution is 1.43. The van der Waals surface area contributed by atoms with Gasteiger partial charge < -0.3 is 10.8 Å². The zero-order valence-corrected chi connectivity index (χ0v) is 4.03. The number of nitrogens with two attached hydrogens (primary N) is 1. The van der Waals surface area contributed by atoms with Crippen molar-refractivity contribution >= 4 is 5.97 Å². The smallest absolute Gasteiger partial charge is 0.317 e. The Morgan fingerprint density at radius 3 is 2.12 bits per heavy atom. The molecule has 6 nitrogen and oxygen atoms in total. The first-order valence-electron chi connectivity index (χ1n) is 1.61. The van der Waals surface area contributed by atoms with E-state index in [9.17, 15) is 4.79 Å². The summed E-state index contributed by atoms with van der Waals surface area (Å²) in [6, 6.07) is 0. The van der Waals surface area contributed by atoms with E-state index < -0.39 is 5.97 Å². The molecule has 4 N–H and O–H groups in total. The number of hydrogen-bond acceptors (Lipinski definition) is 3. The van der Waals surface area contributed by atoms with Gasteiger partial charge in [0.1, 0.15) is 0 Å². The van der Waals surface area contributed by atoms with Crippen molar-refractivity contribution in [1.29, 1.82) is 5.53 Å². The predicted molar refractivity (Wildman–Crippen MR) is 26.1 cm³/mol. The first kappa shape index (κ1) is 9.88. The highest BCUT2D eigenvalue weighted by atomic mass is 16.4. The Hall–Kier alpha value is -1.26. The fourth-order valence-electron chi connectivity index (χ4n) is 0. The normalized spacial score (nSPS) is 5.62.